The van der Waals surface area contributed by atoms with Crippen LogP contribution in [-0.4, -0.2) is 451 Å². The van der Waals surface area contributed by atoms with Crippen molar-refractivity contribution in [3.05, 3.63) is 0 Å². The van der Waals surface area contributed by atoms with Gasteiger partial charge in [0.25, 0.3) is 0 Å². The SMILES string of the molecule is COC[C@H]1O[C@@H]2O[C@H]3[C@H](OC)[C@@H](OC)[C@@H](O[C@H]4[C@H](OC)[C@@H](OC)[C@@H](O[C@H]5[C@H](OC)[C@@H](OC)[C@@H](O[C@H]6[C@@H](OC)[C@H](OC)[C@@H](O[C@H]7[C@@H](OC)[C@H](OC)[C@@H](O[C@H]8[C@@H](OC)[C@H](OC)[C@@H](O[C@H]9[C@@H](OC)[C@H](OC)[C@@H](O[C@H]1[C@H](OC)[C@H]2OC)O[C@@H]9COC)O[C@@H]8COC)O[C@@H]7CI)O[C@@H]6COC)O[C@@H]5COC)O[C@@H]4COC)O[C@@H]3CI. The first-order chi connectivity index (χ1) is 53.5. The zero-order valence-corrected chi connectivity index (χ0v) is 71.3. The molecule has 30 heterocycles. The summed E-state index contributed by atoms with van der Waals surface area (Å²) >= 11 is 4.44. The first-order valence-electron chi connectivity index (χ1n) is 36.5. The van der Waals surface area contributed by atoms with E-state index in [9.17, 15) is 0 Å². The van der Waals surface area contributed by atoms with Crippen molar-refractivity contribution in [2.75, 3.05) is 205 Å². The molecule has 0 unspecified atom stereocenters. The van der Waals surface area contributed by atoms with E-state index in [4.69, 9.17) is 180 Å². The van der Waals surface area contributed by atoms with Gasteiger partial charge < -0.3 is 180 Å². The Bertz CT molecular complexity index is 2390. The van der Waals surface area contributed by atoms with Gasteiger partial charge in [0.1, 0.15) is 183 Å². The lowest BCUT2D eigenvalue weighted by atomic mass is 9.94. The molecule has 30 aliphatic rings. The van der Waals surface area contributed by atoms with Crippen molar-refractivity contribution in [1.82, 2.24) is 0 Å². The minimum Gasteiger partial charge on any atom is -0.382 e. The fourth-order valence-corrected chi connectivity index (χ4v) is 18.0. The van der Waals surface area contributed by atoms with Crippen LogP contribution < -0.4 is 0 Å². The largest absolute Gasteiger partial charge is 0.382 e. The molecule has 0 aromatic heterocycles. The zero-order valence-electron chi connectivity index (χ0n) is 67.0. The van der Waals surface area contributed by atoms with Crippen molar-refractivity contribution in [3.8, 4) is 0 Å². The predicted octanol–water partition coefficient (Wildman–Crippen LogP) is -0.131. The van der Waals surface area contributed by atoms with E-state index in [-0.39, 0.29) is 39.6 Å². The molecular weight excluding hydrogens is 1700 g/mol. The van der Waals surface area contributed by atoms with Crippen LogP contribution >= 0.6 is 45.2 Å². The molecule has 40 heteroatoms. The molecule has 0 aromatic rings. The maximum absolute atomic E-state index is 7.09. The first-order valence-corrected chi connectivity index (χ1v) is 39.5. The summed E-state index contributed by atoms with van der Waals surface area (Å²) in [5.41, 5.74) is 0. The minimum absolute atomic E-state index is 0.0327. The second-order valence-corrected chi connectivity index (χ2v) is 29.2. The summed E-state index contributed by atoms with van der Waals surface area (Å²) in [6, 6.07) is 0. The highest BCUT2D eigenvalue weighted by atomic mass is 127. The Morgan fingerprint density at radius 1 is 0.155 bits per heavy atom. The third-order valence-electron chi connectivity index (χ3n) is 21.7. The molecule has 0 radical (unpaired) electrons. The summed E-state index contributed by atoms with van der Waals surface area (Å²) < 4.78 is 249. The Labute approximate surface area is 672 Å². The normalized spacial score (nSPS) is 46.7. The molecule has 16 bridgehead atoms. The van der Waals surface area contributed by atoms with Crippen molar-refractivity contribution in [2.24, 2.45) is 0 Å². The summed E-state index contributed by atoms with van der Waals surface area (Å²) in [5, 5.41) is 0. The molecule has 0 aromatic carbocycles. The summed E-state index contributed by atoms with van der Waals surface area (Å²) in [4.78, 5) is 0. The number of rotatable bonds is 30. The quantitative estimate of drug-likeness (QED) is 0.0668. The van der Waals surface area contributed by atoms with Crippen molar-refractivity contribution in [1.29, 1.82) is 0 Å². The first kappa shape index (κ1) is 93.8. The fourth-order valence-electron chi connectivity index (χ4n) is 16.6. The van der Waals surface area contributed by atoms with Gasteiger partial charge in [-0.25, -0.2) is 0 Å². The number of hydrogen-bond acceptors (Lipinski definition) is 38. The number of ether oxygens (including phenoxy) is 38. The summed E-state index contributed by atoms with van der Waals surface area (Å²) in [6.07, 6.45) is -40.2. The molecule has 0 amide bonds. The molecular formula is C70H122I2O38. The van der Waals surface area contributed by atoms with Gasteiger partial charge in [-0.1, -0.05) is 45.2 Å². The molecule has 38 nitrogen and oxygen atoms in total. The van der Waals surface area contributed by atoms with Gasteiger partial charge in [-0.15, -0.1) is 0 Å². The monoisotopic (exact) mass is 1820 g/mol. The second kappa shape index (κ2) is 46.1. The highest BCUT2D eigenvalue weighted by Gasteiger charge is 2.63. The van der Waals surface area contributed by atoms with Gasteiger partial charge in [0.15, 0.2) is 50.3 Å². The number of alkyl halides is 2. The van der Waals surface area contributed by atoms with Crippen LogP contribution in [0.25, 0.3) is 0 Å². The maximum atomic E-state index is 7.09. The molecule has 644 valence electrons. The molecule has 0 N–H and O–H groups in total. The van der Waals surface area contributed by atoms with E-state index in [0.29, 0.717) is 8.86 Å². The minimum atomic E-state index is -1.23. The summed E-state index contributed by atoms with van der Waals surface area (Å²) in [7, 11) is 33.4. The highest BCUT2D eigenvalue weighted by Crippen LogP contribution is 2.44. The Balaban J connectivity index is 1.11. The van der Waals surface area contributed by atoms with Crippen LogP contribution in [0.2, 0.25) is 0 Å². The summed E-state index contributed by atoms with van der Waals surface area (Å²) in [5.74, 6) is 0. The average Bonchev–Trinajstić information content (AvgIpc) is 0.764. The van der Waals surface area contributed by atoms with E-state index in [0.717, 1.165) is 0 Å². The molecule has 0 spiro atoms. The Morgan fingerprint density at radius 2 is 0.264 bits per heavy atom. The molecule has 110 heavy (non-hydrogen) atoms. The Hall–Kier alpha value is -0.0600. The van der Waals surface area contributed by atoms with E-state index in [1.807, 2.05) is 0 Å². The van der Waals surface area contributed by atoms with Gasteiger partial charge in [-0.3, -0.25) is 0 Å². The van der Waals surface area contributed by atoms with Gasteiger partial charge in [0.05, 0.1) is 51.8 Å². The zero-order chi connectivity index (χ0) is 79.6. The van der Waals surface area contributed by atoms with Crippen molar-refractivity contribution in [3.63, 3.8) is 0 Å². The number of halogens is 2. The second-order valence-electron chi connectivity index (χ2n) is 27.4. The van der Waals surface area contributed by atoms with Gasteiger partial charge in [0, 0.05) is 165 Å². The van der Waals surface area contributed by atoms with Crippen LogP contribution in [0.15, 0.2) is 0 Å². The molecule has 40 atom stereocenters. The van der Waals surface area contributed by atoms with Gasteiger partial charge in [-0.2, -0.15) is 0 Å². The molecule has 30 aliphatic heterocycles. The van der Waals surface area contributed by atoms with Gasteiger partial charge >= 0.3 is 0 Å². The van der Waals surface area contributed by atoms with Crippen LogP contribution in [0, 0.1) is 0 Å². The standard InChI is InChI=1S/C70H122I2O38/c1-73-25-33-41-49(81-9)59(91-19)67(99-33)109-45-37(29-77-5)101-69(61(93-21)53(45)85-13)107-43-35(27-75-3)98-66(58(90-18)51(43)83-11)104-40-32(24-72)96-64(56(88-16)48(40)80-8)106-42-34(26-74-2)100-68(60(92-20)50(42)82-10)110-46-38(30-78-6)102-70(62(94-22)54(46)86-14)108-44-36(28-76-4)97-65(57(89-17)52(44)84-12)103-39-31(23-71)95-63(105-41)55(87-15)47(39)79-7/h31-70H,23-30H2,1-22H3/t31-,32-,33-,34-,35-,36-,37-,38-,39-,40-,41-,42-,43-,44-,45-,46-,47-,48+,49-,50+,51+,52-,53-,54+,55+,56-,57+,58-,59+,60-,61+,62-,63-,64-,65-,66-,67-,68-,69-,70-/m1/s1. The van der Waals surface area contributed by atoms with Gasteiger partial charge in [0.2, 0.25) is 0 Å². The van der Waals surface area contributed by atoms with Crippen molar-refractivity contribution >= 4 is 45.2 Å². The molecule has 30 fully saturated rings. The maximum Gasteiger partial charge on any atom is 0.187 e. The third kappa shape index (κ3) is 20.4. The molecule has 0 aliphatic carbocycles. The van der Waals surface area contributed by atoms with E-state index in [1.54, 1.807) is 0 Å². The van der Waals surface area contributed by atoms with Crippen molar-refractivity contribution < 1.29 is 180 Å². The van der Waals surface area contributed by atoms with E-state index in [1.165, 1.54) is 156 Å². The molecule has 0 saturated carbocycles. The van der Waals surface area contributed by atoms with Crippen LogP contribution in [-0.2, 0) is 180 Å². The number of hydrogen-bond donors (Lipinski definition) is 0. The lowest BCUT2D eigenvalue weighted by Crippen LogP contribution is -2.70. The van der Waals surface area contributed by atoms with Gasteiger partial charge in [-0.05, 0) is 0 Å². The Morgan fingerprint density at radius 3 is 0.364 bits per heavy atom. The van der Waals surface area contributed by atoms with Crippen LogP contribution in [0.4, 0.5) is 0 Å². The van der Waals surface area contributed by atoms with E-state index >= 15 is 0 Å². The van der Waals surface area contributed by atoms with Crippen molar-refractivity contribution in [2.45, 2.75) is 246 Å². The van der Waals surface area contributed by atoms with Crippen LogP contribution in [0.3, 0.4) is 0 Å². The Kier molecular flexibility index (Phi) is 39.3. The van der Waals surface area contributed by atoms with Crippen LogP contribution in [0.1, 0.15) is 0 Å². The topological polar surface area (TPSA) is 351 Å². The summed E-state index contributed by atoms with van der Waals surface area (Å²) in [6.45, 7) is -0.213. The molecule has 30 saturated heterocycles. The predicted molar refractivity (Wildman–Crippen MR) is 390 cm³/mol. The fraction of sp³-hybridized carbons (Fsp3) is 1.00. The smallest absolute Gasteiger partial charge is 0.187 e. The number of methoxy groups -OCH3 is 22. The average molecular weight is 1830 g/mol. The lowest BCUT2D eigenvalue weighted by molar-refractivity contribution is -0.408. The van der Waals surface area contributed by atoms with Crippen LogP contribution in [0.5, 0.6) is 0 Å². The van der Waals surface area contributed by atoms with E-state index in [2.05, 4.69) is 45.2 Å². The highest BCUT2D eigenvalue weighted by molar-refractivity contribution is 14.1. The lowest BCUT2D eigenvalue weighted by Gasteiger charge is -2.53. The third-order valence-corrected chi connectivity index (χ3v) is 23.4. The van der Waals surface area contributed by atoms with E-state index < -0.39 is 246 Å². The molecule has 30 rings (SSSR count).